The molecule has 1 rings (SSSR count). The van der Waals surface area contributed by atoms with Gasteiger partial charge in [0.15, 0.2) is 0 Å². The smallest absolute Gasteiger partial charge is 0.0638 e. The van der Waals surface area contributed by atoms with Crippen LogP contribution in [0, 0.1) is 11.3 Å². The van der Waals surface area contributed by atoms with Crippen molar-refractivity contribution >= 4 is 12.4 Å². The second kappa shape index (κ2) is 5.48. The standard InChI is InChI=1S/C6H11N3.ClH/c7-2-1-6-5-8-3-4-9-6;/h6,8-9H,1,3-5H2;1H/i1D2,3D2,4D2,5D2,6D;. The van der Waals surface area contributed by atoms with Gasteiger partial charge < -0.3 is 10.6 Å². The Balaban J connectivity index is 0.00000324. The summed E-state index contributed by atoms with van der Waals surface area (Å²) in [5, 5.41) is 11.9. The zero-order chi connectivity index (χ0) is 14.6. The maximum absolute atomic E-state index is 8.65. The molecule has 0 bridgehead atoms. The summed E-state index contributed by atoms with van der Waals surface area (Å²) in [7, 11) is 0. The molecule has 1 aliphatic rings. The lowest BCUT2D eigenvalue weighted by molar-refractivity contribution is 0.423. The van der Waals surface area contributed by atoms with Crippen LogP contribution in [0.25, 0.3) is 0 Å². The molecule has 1 aliphatic heterocycles. The maximum atomic E-state index is 8.65. The third kappa shape index (κ3) is 3.02. The van der Waals surface area contributed by atoms with E-state index < -0.39 is 31.9 Å². The Morgan fingerprint density at radius 1 is 1.90 bits per heavy atom. The summed E-state index contributed by atoms with van der Waals surface area (Å²) in [6.07, 6.45) is -3.08. The highest BCUT2D eigenvalue weighted by molar-refractivity contribution is 5.85. The number of hydrogen-bond acceptors (Lipinski definition) is 3. The van der Waals surface area contributed by atoms with Crippen molar-refractivity contribution in [1.29, 1.82) is 5.26 Å². The minimum absolute atomic E-state index is 0. The van der Waals surface area contributed by atoms with E-state index in [0.717, 1.165) is 6.07 Å². The van der Waals surface area contributed by atoms with Gasteiger partial charge in [-0.25, -0.2) is 0 Å². The molecule has 0 spiro atoms. The number of nitrogens with one attached hydrogen (secondary N) is 2. The van der Waals surface area contributed by atoms with Crippen LogP contribution in [0.2, 0.25) is 0 Å². The molecule has 0 radical (unpaired) electrons. The van der Waals surface area contributed by atoms with Crippen LogP contribution in [0.1, 0.15) is 18.7 Å². The summed E-state index contributed by atoms with van der Waals surface area (Å²) in [5.74, 6) is 0. The van der Waals surface area contributed by atoms with E-state index in [2.05, 4.69) is 0 Å². The van der Waals surface area contributed by atoms with Crippen LogP contribution in [0.5, 0.6) is 0 Å². The van der Waals surface area contributed by atoms with E-state index >= 15 is 0 Å². The Bertz CT molecular complexity index is 405. The lowest BCUT2D eigenvalue weighted by atomic mass is 10.2. The molecule has 2 N–H and O–H groups in total. The first-order valence-corrected chi connectivity index (χ1v) is 2.22. The average Bonchev–Trinajstić information content (AvgIpc) is 2.12. The number of hydrogen-bond donors (Lipinski definition) is 2. The van der Waals surface area contributed by atoms with Crippen molar-refractivity contribution in [1.82, 2.24) is 10.6 Å². The molecule has 4 heteroatoms. The summed E-state index contributed by atoms with van der Waals surface area (Å²) in [5.41, 5.74) is 0. The summed E-state index contributed by atoms with van der Waals surface area (Å²) in [6.45, 7) is -8.79. The van der Waals surface area contributed by atoms with Crippen molar-refractivity contribution in [2.24, 2.45) is 0 Å². The van der Waals surface area contributed by atoms with Crippen LogP contribution in [-0.2, 0) is 0 Å². The van der Waals surface area contributed by atoms with Gasteiger partial charge in [0.2, 0.25) is 0 Å². The van der Waals surface area contributed by atoms with E-state index in [0.29, 0.717) is 0 Å². The van der Waals surface area contributed by atoms with Crippen LogP contribution in [-0.4, -0.2) is 25.5 Å². The molecule has 0 saturated carbocycles. The highest BCUT2D eigenvalue weighted by Crippen LogP contribution is 1.90. The van der Waals surface area contributed by atoms with Gasteiger partial charge in [0.1, 0.15) is 0 Å². The molecule has 58 valence electrons. The van der Waals surface area contributed by atoms with Crippen LogP contribution in [0.3, 0.4) is 0 Å². The number of halogens is 1. The van der Waals surface area contributed by atoms with Crippen LogP contribution in [0.4, 0.5) is 0 Å². The summed E-state index contributed by atoms with van der Waals surface area (Å²) < 4.78 is 66.7. The molecule has 1 unspecified atom stereocenters. The molecule has 0 aromatic carbocycles. The second-order valence-electron chi connectivity index (χ2n) is 1.24. The van der Waals surface area contributed by atoms with Crippen LogP contribution >= 0.6 is 12.4 Å². The van der Waals surface area contributed by atoms with E-state index in [4.69, 9.17) is 17.6 Å². The molecule has 0 aromatic heterocycles. The lowest BCUT2D eigenvalue weighted by Crippen LogP contribution is -2.47. The number of nitriles is 1. The highest BCUT2D eigenvalue weighted by Gasteiger charge is 2.09. The summed E-state index contributed by atoms with van der Waals surface area (Å²) >= 11 is 0. The first-order chi connectivity index (χ1) is 7.72. The Hall–Kier alpha value is -0.300. The van der Waals surface area contributed by atoms with Gasteiger partial charge in [0, 0.05) is 37.8 Å². The molecule has 0 aliphatic carbocycles. The van der Waals surface area contributed by atoms with Gasteiger partial charge in [0.25, 0.3) is 0 Å². The first kappa shape index (κ1) is 2.34. The third-order valence-corrected chi connectivity index (χ3v) is 0.681. The average molecular weight is 171 g/mol. The molecule has 0 amide bonds. The van der Waals surface area contributed by atoms with Crippen LogP contribution in [0.15, 0.2) is 0 Å². The number of rotatable bonds is 1. The second-order valence-corrected chi connectivity index (χ2v) is 1.24. The quantitative estimate of drug-likeness (QED) is 0.577. The van der Waals surface area contributed by atoms with Gasteiger partial charge in [-0.1, -0.05) is 0 Å². The van der Waals surface area contributed by atoms with Gasteiger partial charge in [-0.3, -0.25) is 0 Å². The van der Waals surface area contributed by atoms with Gasteiger partial charge >= 0.3 is 0 Å². The Kier molecular flexibility index (Phi) is 1.28. The van der Waals surface area contributed by atoms with Crippen LogP contribution < -0.4 is 10.6 Å². The maximum Gasteiger partial charge on any atom is 0.0638 e. The largest absolute Gasteiger partial charge is 0.314 e. The molecule has 1 heterocycles. The molecular weight excluding hydrogens is 150 g/mol. The minimum atomic E-state index is -3.08. The molecule has 10 heavy (non-hydrogen) atoms. The first-order valence-electron chi connectivity index (χ1n) is 6.72. The fraction of sp³-hybridized carbons (Fsp3) is 0.833. The SMILES string of the molecule is Cl.[2H]C([2H])(C#N)C1([2H])NC([2H])([2H])C([2H])([2H])NC1([2H])[2H]. The van der Waals surface area contributed by atoms with Crippen molar-refractivity contribution in [3.05, 3.63) is 0 Å². The molecule has 0 aromatic rings. The minimum Gasteiger partial charge on any atom is -0.314 e. The summed E-state index contributed by atoms with van der Waals surface area (Å²) in [6, 6.07) is -1.92. The van der Waals surface area contributed by atoms with E-state index in [1.165, 1.54) is 0 Å². The predicted octanol–water partition coefficient (Wildman–Crippen LogP) is -0.117. The van der Waals surface area contributed by atoms with Gasteiger partial charge in [-0.05, 0) is 0 Å². The van der Waals surface area contributed by atoms with Crippen molar-refractivity contribution in [3.8, 4) is 6.07 Å². The fourth-order valence-corrected chi connectivity index (χ4v) is 0.368. The topological polar surface area (TPSA) is 47.9 Å². The number of nitrogens with zero attached hydrogens (tertiary/aromatic N) is 1. The van der Waals surface area contributed by atoms with Gasteiger partial charge in [-0.2, -0.15) is 5.26 Å². The normalized spacial score (nSPS) is 61.7. The third-order valence-electron chi connectivity index (χ3n) is 0.681. The van der Waals surface area contributed by atoms with E-state index in [-0.39, 0.29) is 12.4 Å². The lowest BCUT2D eigenvalue weighted by Gasteiger charge is -2.21. The Morgan fingerprint density at radius 2 is 2.70 bits per heavy atom. The Morgan fingerprint density at radius 3 is 3.40 bits per heavy atom. The molecule has 1 saturated heterocycles. The van der Waals surface area contributed by atoms with E-state index in [1.54, 1.807) is 10.6 Å². The van der Waals surface area contributed by atoms with E-state index in [1.807, 2.05) is 0 Å². The monoisotopic (exact) mass is 170 g/mol. The highest BCUT2D eigenvalue weighted by atomic mass is 35.5. The molecule has 1 fully saturated rings. The van der Waals surface area contributed by atoms with Crippen molar-refractivity contribution in [3.63, 3.8) is 0 Å². The van der Waals surface area contributed by atoms with Crippen molar-refractivity contribution < 1.29 is 12.3 Å². The Labute approximate surface area is 79.8 Å². The molecule has 1 atom stereocenters. The van der Waals surface area contributed by atoms with Crippen molar-refractivity contribution in [2.75, 3.05) is 19.5 Å². The number of piperazine rings is 1. The van der Waals surface area contributed by atoms with Gasteiger partial charge in [0.05, 0.1) is 12.4 Å². The molecular formula is C6H12ClN3. The van der Waals surface area contributed by atoms with Crippen molar-refractivity contribution in [2.45, 2.75) is 12.4 Å². The molecule has 3 nitrogen and oxygen atoms in total. The summed E-state index contributed by atoms with van der Waals surface area (Å²) in [4.78, 5) is 0. The van der Waals surface area contributed by atoms with Gasteiger partial charge in [-0.15, -0.1) is 12.4 Å². The zero-order valence-electron chi connectivity index (χ0n) is 13.9. The fourth-order valence-electron chi connectivity index (χ4n) is 0.368. The zero-order valence-corrected chi connectivity index (χ0v) is 5.67. The predicted molar refractivity (Wildman–Crippen MR) is 42.1 cm³/mol. The van der Waals surface area contributed by atoms with E-state index in [9.17, 15) is 0 Å².